The van der Waals surface area contributed by atoms with Gasteiger partial charge in [-0.2, -0.15) is 0 Å². The average molecular weight is 335 g/mol. The number of aliphatic hydroxyl groups excluding tert-OH is 1. The summed E-state index contributed by atoms with van der Waals surface area (Å²) >= 11 is 0. The monoisotopic (exact) mass is 334 g/mol. The number of aliphatic hydroxyl groups is 1. The van der Waals surface area contributed by atoms with Crippen molar-refractivity contribution in [2.24, 2.45) is 0 Å². The summed E-state index contributed by atoms with van der Waals surface area (Å²) in [5, 5.41) is 9.71. The van der Waals surface area contributed by atoms with Crippen LogP contribution in [0.15, 0.2) is 36.1 Å². The molecule has 1 fully saturated rings. The first-order chi connectivity index (χ1) is 11.7. The summed E-state index contributed by atoms with van der Waals surface area (Å²) in [6, 6.07) is 0. The second-order valence-corrected chi connectivity index (χ2v) is 6.58. The van der Waals surface area contributed by atoms with Crippen LogP contribution in [-0.4, -0.2) is 17.2 Å². The molecule has 1 rings (SSSR count). The zero-order chi connectivity index (χ0) is 17.6. The largest absolute Gasteiger partial charge is 0.425 e. The van der Waals surface area contributed by atoms with E-state index in [-0.39, 0.29) is 5.76 Å². The normalized spacial score (nSPS) is 19.6. The van der Waals surface area contributed by atoms with E-state index in [0.29, 0.717) is 5.57 Å². The highest BCUT2D eigenvalue weighted by Crippen LogP contribution is 2.23. The van der Waals surface area contributed by atoms with Gasteiger partial charge < -0.3 is 9.84 Å². The summed E-state index contributed by atoms with van der Waals surface area (Å²) in [5.74, 6) is -0.303. The molecule has 1 saturated heterocycles. The number of ether oxygens (including phenoxy) is 1. The molecule has 1 aliphatic rings. The molecule has 0 radical (unpaired) electrons. The zero-order valence-corrected chi connectivity index (χ0v) is 15.3. The van der Waals surface area contributed by atoms with Crippen molar-refractivity contribution in [3.05, 3.63) is 36.1 Å². The van der Waals surface area contributed by atoms with Crippen LogP contribution in [0.1, 0.15) is 84.0 Å². The predicted molar refractivity (Wildman–Crippen MR) is 99.5 cm³/mol. The van der Waals surface area contributed by atoms with Crippen LogP contribution in [0.2, 0.25) is 0 Å². The molecule has 1 aliphatic heterocycles. The molecule has 136 valence electrons. The van der Waals surface area contributed by atoms with E-state index in [4.69, 9.17) is 4.74 Å². The number of carbonyl (C=O) groups is 1. The Morgan fingerprint density at radius 3 is 2.04 bits per heavy atom. The first kappa shape index (κ1) is 20.7. The third kappa shape index (κ3) is 8.49. The molecule has 0 aromatic carbocycles. The Morgan fingerprint density at radius 2 is 1.50 bits per heavy atom. The molecule has 0 aromatic rings. The summed E-state index contributed by atoms with van der Waals surface area (Å²) in [7, 11) is 0. The zero-order valence-electron chi connectivity index (χ0n) is 15.3. The fraction of sp³-hybridized carbons (Fsp3) is 0.667. The maximum atomic E-state index is 11.4. The summed E-state index contributed by atoms with van der Waals surface area (Å²) < 4.78 is 4.80. The maximum absolute atomic E-state index is 11.4. The van der Waals surface area contributed by atoms with Crippen molar-refractivity contribution in [3.8, 4) is 0 Å². The highest BCUT2D eigenvalue weighted by Gasteiger charge is 2.32. The Morgan fingerprint density at radius 1 is 0.958 bits per heavy atom. The van der Waals surface area contributed by atoms with Crippen LogP contribution in [0, 0.1) is 0 Å². The number of hydrogen-bond acceptors (Lipinski definition) is 3. The van der Waals surface area contributed by atoms with Gasteiger partial charge in [0.05, 0.1) is 5.57 Å². The van der Waals surface area contributed by atoms with E-state index in [9.17, 15) is 9.90 Å². The van der Waals surface area contributed by atoms with Gasteiger partial charge in [0.25, 0.3) is 0 Å². The van der Waals surface area contributed by atoms with Gasteiger partial charge in [-0.25, -0.2) is 4.79 Å². The third-order valence-electron chi connectivity index (χ3n) is 4.39. The standard InChI is InChI=1S/C21H34O3/c1-3-4-5-6-7-8-9-10-11-12-13-14-15-16-17-19-20(22)18(2)24-21(19)23/h6-7,17,20,22H,2-5,8-16H2,1H3/b7-6-,19-17-. The molecular formula is C21H34O3. The molecule has 0 spiro atoms. The Labute approximate surface area is 147 Å². The van der Waals surface area contributed by atoms with Gasteiger partial charge in [0.1, 0.15) is 11.9 Å². The fourth-order valence-corrected chi connectivity index (χ4v) is 2.82. The number of esters is 1. The van der Waals surface area contributed by atoms with Crippen LogP contribution in [0.3, 0.4) is 0 Å². The van der Waals surface area contributed by atoms with Crippen molar-refractivity contribution in [1.29, 1.82) is 0 Å². The SMILES string of the molecule is C=C1OC(=O)/C(=C\CCCCCCCCC/C=C\CCCC)C1O. The molecule has 1 heterocycles. The third-order valence-corrected chi connectivity index (χ3v) is 4.39. The summed E-state index contributed by atoms with van der Waals surface area (Å²) in [5.41, 5.74) is 0.354. The Bertz CT molecular complexity index is 434. The molecule has 0 bridgehead atoms. The fourth-order valence-electron chi connectivity index (χ4n) is 2.82. The molecule has 0 aromatic heterocycles. The van der Waals surface area contributed by atoms with Gasteiger partial charge in [0.2, 0.25) is 0 Å². The number of unbranched alkanes of at least 4 members (excludes halogenated alkanes) is 10. The molecule has 1 unspecified atom stereocenters. The van der Waals surface area contributed by atoms with E-state index >= 15 is 0 Å². The molecule has 0 saturated carbocycles. The number of hydrogen-bond donors (Lipinski definition) is 1. The molecular weight excluding hydrogens is 300 g/mol. The first-order valence-corrected chi connectivity index (χ1v) is 9.61. The van der Waals surface area contributed by atoms with Gasteiger partial charge in [0, 0.05) is 0 Å². The van der Waals surface area contributed by atoms with Gasteiger partial charge in [0.15, 0.2) is 0 Å². The average Bonchev–Trinajstić information content (AvgIpc) is 2.81. The van der Waals surface area contributed by atoms with E-state index in [1.165, 1.54) is 64.2 Å². The van der Waals surface area contributed by atoms with Crippen LogP contribution in [-0.2, 0) is 9.53 Å². The maximum Gasteiger partial charge on any atom is 0.341 e. The van der Waals surface area contributed by atoms with E-state index in [0.717, 1.165) is 12.8 Å². The van der Waals surface area contributed by atoms with Crippen molar-refractivity contribution in [2.75, 3.05) is 0 Å². The smallest absolute Gasteiger partial charge is 0.341 e. The van der Waals surface area contributed by atoms with Gasteiger partial charge in [-0.3, -0.25) is 0 Å². The summed E-state index contributed by atoms with van der Waals surface area (Å²) in [6.07, 6.45) is 20.1. The lowest BCUT2D eigenvalue weighted by Crippen LogP contribution is -2.07. The predicted octanol–water partition coefficient (Wildman–Crippen LogP) is 5.60. The summed E-state index contributed by atoms with van der Waals surface area (Å²) in [4.78, 5) is 11.4. The first-order valence-electron chi connectivity index (χ1n) is 9.61. The highest BCUT2D eigenvalue weighted by atomic mass is 16.6. The molecule has 1 N–H and O–H groups in total. The lowest BCUT2D eigenvalue weighted by Gasteiger charge is -2.01. The van der Waals surface area contributed by atoms with Crippen molar-refractivity contribution in [2.45, 2.75) is 90.1 Å². The minimum atomic E-state index is -0.937. The van der Waals surface area contributed by atoms with Crippen molar-refractivity contribution < 1.29 is 14.6 Å². The Balaban J connectivity index is 1.92. The van der Waals surface area contributed by atoms with Gasteiger partial charge in [-0.15, -0.1) is 0 Å². The van der Waals surface area contributed by atoms with Crippen molar-refractivity contribution in [3.63, 3.8) is 0 Å². The van der Waals surface area contributed by atoms with E-state index in [1.807, 2.05) is 0 Å². The number of carbonyl (C=O) groups excluding carboxylic acids is 1. The minimum absolute atomic E-state index is 0.145. The molecule has 3 nitrogen and oxygen atoms in total. The second-order valence-electron chi connectivity index (χ2n) is 6.58. The van der Waals surface area contributed by atoms with E-state index in [1.54, 1.807) is 6.08 Å². The molecule has 1 atom stereocenters. The Kier molecular flexibility index (Phi) is 11.2. The molecule has 0 amide bonds. The lowest BCUT2D eigenvalue weighted by molar-refractivity contribution is -0.132. The molecule has 0 aliphatic carbocycles. The Hall–Kier alpha value is -1.35. The van der Waals surface area contributed by atoms with Crippen LogP contribution in [0.5, 0.6) is 0 Å². The number of cyclic esters (lactones) is 1. The topological polar surface area (TPSA) is 46.5 Å². The van der Waals surface area contributed by atoms with Crippen LogP contribution in [0.25, 0.3) is 0 Å². The molecule has 24 heavy (non-hydrogen) atoms. The summed E-state index contributed by atoms with van der Waals surface area (Å²) in [6.45, 7) is 5.75. The number of rotatable bonds is 13. The van der Waals surface area contributed by atoms with Gasteiger partial charge in [-0.05, 0) is 32.1 Å². The second kappa shape index (κ2) is 13.0. The van der Waals surface area contributed by atoms with E-state index < -0.39 is 12.1 Å². The van der Waals surface area contributed by atoms with Gasteiger partial charge >= 0.3 is 5.97 Å². The van der Waals surface area contributed by atoms with Crippen molar-refractivity contribution >= 4 is 5.97 Å². The minimum Gasteiger partial charge on any atom is -0.425 e. The van der Waals surface area contributed by atoms with E-state index in [2.05, 4.69) is 25.7 Å². The van der Waals surface area contributed by atoms with Crippen LogP contribution < -0.4 is 0 Å². The van der Waals surface area contributed by atoms with Gasteiger partial charge in [-0.1, -0.05) is 76.7 Å². The molecule has 3 heteroatoms. The highest BCUT2D eigenvalue weighted by molar-refractivity contribution is 5.93. The van der Waals surface area contributed by atoms with Crippen molar-refractivity contribution in [1.82, 2.24) is 0 Å². The quantitative estimate of drug-likeness (QED) is 0.206. The lowest BCUT2D eigenvalue weighted by atomic mass is 10.0. The van der Waals surface area contributed by atoms with Crippen LogP contribution in [0.4, 0.5) is 0 Å². The van der Waals surface area contributed by atoms with Crippen LogP contribution >= 0.6 is 0 Å². The number of allylic oxidation sites excluding steroid dienone is 3.